The standard InChI is InChI=1S/C17H19NO/c1-3-18(4-2)12-13-9-10-15-14-7-5-6-8-16(14)19-17(15)11-13/h5-11H,3-4,12H2,1-2H3. The van der Waals surface area contributed by atoms with Gasteiger partial charge in [-0.1, -0.05) is 44.2 Å². The normalized spacial score (nSPS) is 11.7. The predicted octanol–water partition coefficient (Wildman–Crippen LogP) is 4.43. The van der Waals surface area contributed by atoms with Crippen molar-refractivity contribution in [2.24, 2.45) is 0 Å². The summed E-state index contributed by atoms with van der Waals surface area (Å²) in [5.74, 6) is 0. The highest BCUT2D eigenvalue weighted by Gasteiger charge is 2.08. The van der Waals surface area contributed by atoms with Crippen LogP contribution in [0.1, 0.15) is 19.4 Å². The molecule has 3 rings (SSSR count). The number of rotatable bonds is 4. The fourth-order valence-electron chi connectivity index (χ4n) is 2.57. The van der Waals surface area contributed by atoms with Gasteiger partial charge >= 0.3 is 0 Å². The van der Waals surface area contributed by atoms with Crippen LogP contribution in [0.3, 0.4) is 0 Å². The minimum Gasteiger partial charge on any atom is -0.456 e. The second-order valence-corrected chi connectivity index (χ2v) is 4.89. The minimum atomic E-state index is 0.970. The fraction of sp³-hybridized carbons (Fsp3) is 0.294. The minimum absolute atomic E-state index is 0.970. The van der Waals surface area contributed by atoms with Crippen molar-refractivity contribution < 1.29 is 4.42 Å². The van der Waals surface area contributed by atoms with Crippen molar-refractivity contribution in [2.75, 3.05) is 13.1 Å². The molecule has 0 N–H and O–H groups in total. The second kappa shape index (κ2) is 5.06. The molecule has 0 fully saturated rings. The molecule has 0 spiro atoms. The van der Waals surface area contributed by atoms with E-state index in [4.69, 9.17) is 4.42 Å². The predicted molar refractivity (Wildman–Crippen MR) is 80.3 cm³/mol. The van der Waals surface area contributed by atoms with E-state index in [1.165, 1.54) is 16.3 Å². The topological polar surface area (TPSA) is 16.4 Å². The van der Waals surface area contributed by atoms with Crippen LogP contribution in [0.25, 0.3) is 21.9 Å². The first kappa shape index (κ1) is 12.2. The summed E-state index contributed by atoms with van der Waals surface area (Å²) in [6.07, 6.45) is 0. The Morgan fingerprint density at radius 3 is 2.42 bits per heavy atom. The Bertz CT molecular complexity index is 695. The maximum Gasteiger partial charge on any atom is 0.135 e. The summed E-state index contributed by atoms with van der Waals surface area (Å²) in [6.45, 7) is 7.54. The molecule has 0 amide bonds. The highest BCUT2D eigenvalue weighted by molar-refractivity contribution is 6.04. The van der Waals surface area contributed by atoms with Crippen molar-refractivity contribution in [3.8, 4) is 0 Å². The number of para-hydroxylation sites is 1. The van der Waals surface area contributed by atoms with Gasteiger partial charge in [0.05, 0.1) is 0 Å². The van der Waals surface area contributed by atoms with E-state index in [2.05, 4.69) is 49.1 Å². The van der Waals surface area contributed by atoms with Gasteiger partial charge in [0.15, 0.2) is 0 Å². The van der Waals surface area contributed by atoms with E-state index >= 15 is 0 Å². The highest BCUT2D eigenvalue weighted by atomic mass is 16.3. The van der Waals surface area contributed by atoms with Gasteiger partial charge in [-0.05, 0) is 30.8 Å². The van der Waals surface area contributed by atoms with Gasteiger partial charge in [-0.25, -0.2) is 0 Å². The summed E-state index contributed by atoms with van der Waals surface area (Å²) >= 11 is 0. The quantitative estimate of drug-likeness (QED) is 0.684. The maximum atomic E-state index is 5.92. The SMILES string of the molecule is CCN(CC)Cc1ccc2c(c1)oc1ccccc12. The Kier molecular flexibility index (Phi) is 3.26. The zero-order valence-corrected chi connectivity index (χ0v) is 11.5. The molecule has 0 unspecified atom stereocenters. The van der Waals surface area contributed by atoms with Crippen LogP contribution < -0.4 is 0 Å². The molecule has 19 heavy (non-hydrogen) atoms. The van der Waals surface area contributed by atoms with E-state index < -0.39 is 0 Å². The van der Waals surface area contributed by atoms with Gasteiger partial charge in [-0.2, -0.15) is 0 Å². The number of fused-ring (bicyclic) bond motifs is 3. The zero-order chi connectivity index (χ0) is 13.2. The maximum absolute atomic E-state index is 5.92. The van der Waals surface area contributed by atoms with Crippen molar-refractivity contribution >= 4 is 21.9 Å². The lowest BCUT2D eigenvalue weighted by molar-refractivity contribution is 0.296. The molecule has 3 aromatic rings. The lowest BCUT2D eigenvalue weighted by atomic mass is 10.1. The molecule has 0 saturated heterocycles. The number of hydrogen-bond acceptors (Lipinski definition) is 2. The van der Waals surface area contributed by atoms with Gasteiger partial charge in [0.2, 0.25) is 0 Å². The molecule has 0 atom stereocenters. The van der Waals surface area contributed by atoms with Crippen LogP contribution in [0.2, 0.25) is 0 Å². The molecule has 0 aliphatic heterocycles. The van der Waals surface area contributed by atoms with Crippen LogP contribution in [0.15, 0.2) is 46.9 Å². The molecule has 2 heteroatoms. The van der Waals surface area contributed by atoms with Crippen LogP contribution >= 0.6 is 0 Å². The summed E-state index contributed by atoms with van der Waals surface area (Å²) in [5, 5.41) is 2.41. The van der Waals surface area contributed by atoms with Gasteiger partial charge in [0.25, 0.3) is 0 Å². The first-order valence-electron chi connectivity index (χ1n) is 6.94. The smallest absolute Gasteiger partial charge is 0.135 e. The molecule has 0 saturated carbocycles. The Labute approximate surface area is 113 Å². The first-order valence-corrected chi connectivity index (χ1v) is 6.94. The summed E-state index contributed by atoms with van der Waals surface area (Å²) in [5.41, 5.74) is 3.28. The first-order chi connectivity index (χ1) is 9.31. The molecule has 1 heterocycles. The third-order valence-corrected chi connectivity index (χ3v) is 3.74. The summed E-state index contributed by atoms with van der Waals surface area (Å²) in [7, 11) is 0. The van der Waals surface area contributed by atoms with Crippen LogP contribution in [0.4, 0.5) is 0 Å². The molecule has 0 bridgehead atoms. The van der Waals surface area contributed by atoms with E-state index in [0.29, 0.717) is 0 Å². The molecule has 0 aliphatic rings. The Hall–Kier alpha value is -1.80. The number of furan rings is 1. The fourth-order valence-corrected chi connectivity index (χ4v) is 2.57. The third kappa shape index (κ3) is 2.24. The molecule has 2 nitrogen and oxygen atoms in total. The van der Waals surface area contributed by atoms with Crippen LogP contribution in [0, 0.1) is 0 Å². The summed E-state index contributed by atoms with van der Waals surface area (Å²) in [6, 6.07) is 14.8. The zero-order valence-electron chi connectivity index (χ0n) is 11.5. The van der Waals surface area contributed by atoms with E-state index in [0.717, 1.165) is 30.8 Å². The van der Waals surface area contributed by atoms with E-state index in [9.17, 15) is 0 Å². The molecule has 2 aromatic carbocycles. The molecule has 0 aliphatic carbocycles. The largest absolute Gasteiger partial charge is 0.456 e. The number of hydrogen-bond donors (Lipinski definition) is 0. The van der Waals surface area contributed by atoms with Gasteiger partial charge in [0, 0.05) is 17.3 Å². The van der Waals surface area contributed by atoms with Crippen molar-refractivity contribution in [2.45, 2.75) is 20.4 Å². The molecule has 0 radical (unpaired) electrons. The number of nitrogens with zero attached hydrogens (tertiary/aromatic N) is 1. The number of benzene rings is 2. The van der Waals surface area contributed by atoms with Crippen molar-refractivity contribution in [3.05, 3.63) is 48.0 Å². The Morgan fingerprint density at radius 2 is 1.63 bits per heavy atom. The van der Waals surface area contributed by atoms with Gasteiger partial charge in [-0.15, -0.1) is 0 Å². The molecular formula is C17H19NO. The molecular weight excluding hydrogens is 234 g/mol. The Balaban J connectivity index is 2.03. The van der Waals surface area contributed by atoms with E-state index in [1.807, 2.05) is 12.1 Å². The molecule has 1 aromatic heterocycles. The third-order valence-electron chi connectivity index (χ3n) is 3.74. The highest BCUT2D eigenvalue weighted by Crippen LogP contribution is 2.29. The van der Waals surface area contributed by atoms with E-state index in [1.54, 1.807) is 0 Å². The summed E-state index contributed by atoms with van der Waals surface area (Å²) in [4.78, 5) is 2.41. The van der Waals surface area contributed by atoms with Crippen molar-refractivity contribution in [1.82, 2.24) is 4.90 Å². The van der Waals surface area contributed by atoms with Gasteiger partial charge in [-0.3, -0.25) is 4.90 Å². The van der Waals surface area contributed by atoms with Crippen molar-refractivity contribution in [1.29, 1.82) is 0 Å². The lowest BCUT2D eigenvalue weighted by Gasteiger charge is -2.17. The van der Waals surface area contributed by atoms with Gasteiger partial charge < -0.3 is 4.42 Å². The second-order valence-electron chi connectivity index (χ2n) is 4.89. The average molecular weight is 253 g/mol. The Morgan fingerprint density at radius 1 is 0.895 bits per heavy atom. The molecule has 98 valence electrons. The van der Waals surface area contributed by atoms with Crippen LogP contribution in [0.5, 0.6) is 0 Å². The lowest BCUT2D eigenvalue weighted by Crippen LogP contribution is -2.21. The van der Waals surface area contributed by atoms with Crippen LogP contribution in [-0.4, -0.2) is 18.0 Å². The van der Waals surface area contributed by atoms with Crippen LogP contribution in [-0.2, 0) is 6.54 Å². The monoisotopic (exact) mass is 253 g/mol. The van der Waals surface area contributed by atoms with E-state index in [-0.39, 0.29) is 0 Å². The summed E-state index contributed by atoms with van der Waals surface area (Å²) < 4.78 is 5.92. The van der Waals surface area contributed by atoms with Crippen molar-refractivity contribution in [3.63, 3.8) is 0 Å². The van der Waals surface area contributed by atoms with Gasteiger partial charge in [0.1, 0.15) is 11.2 Å². The average Bonchev–Trinajstić information content (AvgIpc) is 2.82.